The van der Waals surface area contributed by atoms with Gasteiger partial charge in [0.05, 0.1) is 10.6 Å². The van der Waals surface area contributed by atoms with Crippen LogP contribution in [0.15, 0.2) is 60.8 Å². The molecule has 1 aliphatic rings. The number of benzene rings is 2. The SMILES string of the molecule is C[C@H](NC(=O)c1ccccc1Cl)C(=O)N1CC=C(c2c[nH]c3ccccc23)CC1. The summed E-state index contributed by atoms with van der Waals surface area (Å²) in [6, 6.07) is 14.4. The van der Waals surface area contributed by atoms with Crippen molar-refractivity contribution in [2.24, 2.45) is 0 Å². The minimum absolute atomic E-state index is 0.0976. The lowest BCUT2D eigenvalue weighted by atomic mass is 9.98. The van der Waals surface area contributed by atoms with E-state index in [0.29, 0.717) is 23.7 Å². The van der Waals surface area contributed by atoms with Crippen molar-refractivity contribution < 1.29 is 9.59 Å². The van der Waals surface area contributed by atoms with Crippen LogP contribution >= 0.6 is 11.6 Å². The minimum atomic E-state index is -0.623. The molecule has 0 spiro atoms. The number of rotatable bonds is 4. The van der Waals surface area contributed by atoms with Crippen LogP contribution in [-0.4, -0.2) is 40.8 Å². The molecule has 5 nitrogen and oxygen atoms in total. The number of carbonyl (C=O) groups is 2. The molecule has 148 valence electrons. The van der Waals surface area contributed by atoms with E-state index in [1.54, 1.807) is 36.1 Å². The van der Waals surface area contributed by atoms with Gasteiger partial charge < -0.3 is 15.2 Å². The standard InChI is InChI=1S/C23H22ClN3O2/c1-15(26-22(28)18-7-2-4-8-20(18)24)23(29)27-12-10-16(11-13-27)19-14-25-21-9-5-3-6-17(19)21/h2-10,14-15,25H,11-13H2,1H3,(H,26,28)/t15-/m0/s1. The fourth-order valence-electron chi connectivity index (χ4n) is 3.71. The average molecular weight is 408 g/mol. The van der Waals surface area contributed by atoms with Crippen molar-refractivity contribution in [2.75, 3.05) is 13.1 Å². The number of H-pyrrole nitrogens is 1. The van der Waals surface area contributed by atoms with E-state index in [-0.39, 0.29) is 11.8 Å². The maximum atomic E-state index is 12.8. The summed E-state index contributed by atoms with van der Waals surface area (Å²) in [5.74, 6) is -0.442. The zero-order valence-electron chi connectivity index (χ0n) is 16.1. The van der Waals surface area contributed by atoms with Crippen LogP contribution in [0.5, 0.6) is 0 Å². The third-order valence-corrected chi connectivity index (χ3v) is 5.62. The van der Waals surface area contributed by atoms with E-state index in [0.717, 1.165) is 11.9 Å². The van der Waals surface area contributed by atoms with E-state index in [1.807, 2.05) is 18.3 Å². The van der Waals surface area contributed by atoms with Gasteiger partial charge in [-0.05, 0) is 37.1 Å². The van der Waals surface area contributed by atoms with Gasteiger partial charge in [0.2, 0.25) is 5.91 Å². The lowest BCUT2D eigenvalue weighted by Crippen LogP contribution is -2.48. The Morgan fingerprint density at radius 3 is 2.66 bits per heavy atom. The molecule has 2 N–H and O–H groups in total. The number of nitrogens with one attached hydrogen (secondary N) is 2. The molecule has 2 aromatic carbocycles. The van der Waals surface area contributed by atoms with Gasteiger partial charge >= 0.3 is 0 Å². The highest BCUT2D eigenvalue weighted by Gasteiger charge is 2.25. The van der Waals surface area contributed by atoms with Gasteiger partial charge in [-0.3, -0.25) is 9.59 Å². The first-order valence-corrected chi connectivity index (χ1v) is 10.0. The summed E-state index contributed by atoms with van der Waals surface area (Å²) >= 11 is 6.07. The highest BCUT2D eigenvalue weighted by molar-refractivity contribution is 6.33. The summed E-state index contributed by atoms with van der Waals surface area (Å²) in [7, 11) is 0. The molecule has 0 saturated carbocycles. The number of carbonyl (C=O) groups excluding carboxylic acids is 2. The van der Waals surface area contributed by atoms with Crippen LogP contribution in [0, 0.1) is 0 Å². The number of hydrogen-bond acceptors (Lipinski definition) is 2. The summed E-state index contributed by atoms with van der Waals surface area (Å²) in [5.41, 5.74) is 3.90. The zero-order chi connectivity index (χ0) is 20.4. The monoisotopic (exact) mass is 407 g/mol. The summed E-state index contributed by atoms with van der Waals surface area (Å²) in [6.45, 7) is 2.85. The topological polar surface area (TPSA) is 65.2 Å². The Bertz CT molecular complexity index is 1100. The summed E-state index contributed by atoms with van der Waals surface area (Å²) in [6.07, 6.45) is 4.90. The maximum absolute atomic E-state index is 12.8. The van der Waals surface area contributed by atoms with Crippen LogP contribution in [0.25, 0.3) is 16.5 Å². The molecule has 2 heterocycles. The van der Waals surface area contributed by atoms with E-state index in [4.69, 9.17) is 11.6 Å². The predicted octanol–water partition coefficient (Wildman–Crippen LogP) is 4.26. The largest absolute Gasteiger partial charge is 0.361 e. The Morgan fingerprint density at radius 1 is 1.14 bits per heavy atom. The number of nitrogens with zero attached hydrogens (tertiary/aromatic N) is 1. The lowest BCUT2D eigenvalue weighted by Gasteiger charge is -2.29. The zero-order valence-corrected chi connectivity index (χ0v) is 16.9. The molecule has 1 atom stereocenters. The van der Waals surface area contributed by atoms with Crippen LogP contribution in [0.1, 0.15) is 29.3 Å². The molecule has 2 amide bonds. The average Bonchev–Trinajstić information content (AvgIpc) is 3.17. The van der Waals surface area contributed by atoms with Crippen LogP contribution in [-0.2, 0) is 4.79 Å². The van der Waals surface area contributed by atoms with E-state index < -0.39 is 6.04 Å². The van der Waals surface area contributed by atoms with Gasteiger partial charge in [0.25, 0.3) is 5.91 Å². The van der Waals surface area contributed by atoms with Crippen molar-refractivity contribution in [2.45, 2.75) is 19.4 Å². The van der Waals surface area contributed by atoms with Crippen LogP contribution < -0.4 is 5.32 Å². The summed E-state index contributed by atoms with van der Waals surface area (Å²) in [4.78, 5) is 30.3. The highest BCUT2D eigenvalue weighted by Crippen LogP contribution is 2.29. The number of aromatic nitrogens is 1. The number of halogens is 1. The van der Waals surface area contributed by atoms with Crippen LogP contribution in [0.3, 0.4) is 0 Å². The fraction of sp³-hybridized carbons (Fsp3) is 0.217. The van der Waals surface area contributed by atoms with Gasteiger partial charge in [-0.1, -0.05) is 48.0 Å². The van der Waals surface area contributed by atoms with Gasteiger partial charge in [-0.25, -0.2) is 0 Å². The Balaban J connectivity index is 1.42. The van der Waals surface area contributed by atoms with Crippen LogP contribution in [0.4, 0.5) is 0 Å². The Morgan fingerprint density at radius 2 is 1.90 bits per heavy atom. The maximum Gasteiger partial charge on any atom is 0.253 e. The first-order chi connectivity index (χ1) is 14.0. The fourth-order valence-corrected chi connectivity index (χ4v) is 3.93. The number of para-hydroxylation sites is 1. The molecule has 0 aliphatic carbocycles. The molecule has 1 aliphatic heterocycles. The molecule has 0 unspecified atom stereocenters. The van der Waals surface area contributed by atoms with Crippen molar-refractivity contribution in [3.63, 3.8) is 0 Å². The van der Waals surface area contributed by atoms with Gasteiger partial charge in [0.1, 0.15) is 6.04 Å². The van der Waals surface area contributed by atoms with Crippen LogP contribution in [0.2, 0.25) is 5.02 Å². The quantitative estimate of drug-likeness (QED) is 0.678. The number of hydrogen-bond donors (Lipinski definition) is 2. The van der Waals surface area contributed by atoms with Gasteiger partial charge in [-0.2, -0.15) is 0 Å². The molecule has 0 saturated heterocycles. The first kappa shape index (κ1) is 19.3. The van der Waals surface area contributed by atoms with E-state index >= 15 is 0 Å². The molecule has 0 radical (unpaired) electrons. The van der Waals surface area contributed by atoms with Gasteiger partial charge in [-0.15, -0.1) is 0 Å². The van der Waals surface area contributed by atoms with E-state index in [9.17, 15) is 9.59 Å². The molecule has 29 heavy (non-hydrogen) atoms. The predicted molar refractivity (Wildman–Crippen MR) is 116 cm³/mol. The van der Waals surface area contributed by atoms with E-state index in [1.165, 1.54) is 16.5 Å². The van der Waals surface area contributed by atoms with E-state index in [2.05, 4.69) is 28.5 Å². The first-order valence-electron chi connectivity index (χ1n) is 9.64. The molecule has 6 heteroatoms. The van der Waals surface area contributed by atoms with Crippen molar-refractivity contribution in [1.82, 2.24) is 15.2 Å². The molecule has 0 fully saturated rings. The summed E-state index contributed by atoms with van der Waals surface area (Å²) in [5, 5.41) is 4.32. The molecule has 1 aromatic heterocycles. The lowest BCUT2D eigenvalue weighted by molar-refractivity contribution is -0.132. The Kier molecular flexibility index (Phi) is 5.41. The van der Waals surface area contributed by atoms with Crippen molar-refractivity contribution in [3.8, 4) is 0 Å². The third-order valence-electron chi connectivity index (χ3n) is 5.29. The second-order valence-electron chi connectivity index (χ2n) is 7.19. The minimum Gasteiger partial charge on any atom is -0.361 e. The normalized spacial score (nSPS) is 15.1. The number of fused-ring (bicyclic) bond motifs is 1. The Hall–Kier alpha value is -3.05. The van der Waals surface area contributed by atoms with Crippen molar-refractivity contribution in [3.05, 3.63) is 77.0 Å². The molecule has 3 aromatic rings. The third kappa shape index (κ3) is 3.91. The summed E-state index contributed by atoms with van der Waals surface area (Å²) < 4.78 is 0. The Labute approximate surface area is 174 Å². The van der Waals surface area contributed by atoms with Crippen molar-refractivity contribution in [1.29, 1.82) is 0 Å². The second kappa shape index (κ2) is 8.13. The molecule has 0 bridgehead atoms. The molecular formula is C23H22ClN3O2. The van der Waals surface area contributed by atoms with Gasteiger partial charge in [0.15, 0.2) is 0 Å². The number of aromatic amines is 1. The van der Waals surface area contributed by atoms with Crippen molar-refractivity contribution >= 4 is 39.9 Å². The molecule has 4 rings (SSSR count). The second-order valence-corrected chi connectivity index (χ2v) is 7.59. The smallest absolute Gasteiger partial charge is 0.253 e. The number of amides is 2. The molecular weight excluding hydrogens is 386 g/mol. The highest BCUT2D eigenvalue weighted by atomic mass is 35.5. The van der Waals surface area contributed by atoms with Gasteiger partial charge in [0, 0.05) is 35.8 Å².